The molecule has 29 heavy (non-hydrogen) atoms. The van der Waals surface area contributed by atoms with Gasteiger partial charge in [0.15, 0.2) is 11.5 Å². The number of piperidine rings is 1. The number of carbonyl (C=O) groups excluding carboxylic acids is 1. The molecule has 1 aromatic rings. The number of carbonyl (C=O) groups is 1. The molecule has 1 atom stereocenters. The number of rotatable bonds is 9. The van der Waals surface area contributed by atoms with Gasteiger partial charge in [-0.1, -0.05) is 13.3 Å². The Morgan fingerprint density at radius 2 is 1.93 bits per heavy atom. The van der Waals surface area contributed by atoms with Crippen LogP contribution in [0.2, 0.25) is 0 Å². The van der Waals surface area contributed by atoms with Gasteiger partial charge in [0, 0.05) is 31.6 Å². The quantitative estimate of drug-likeness (QED) is 0.616. The SMILES string of the molecule is CCC1CCCCN1C(=O)CCCCCNS(=O)(=O)c1ccc2c(c1)OCCO2. The lowest BCUT2D eigenvalue weighted by molar-refractivity contribution is -0.135. The van der Waals surface area contributed by atoms with Gasteiger partial charge in [0.2, 0.25) is 15.9 Å². The van der Waals surface area contributed by atoms with E-state index in [-0.39, 0.29) is 10.8 Å². The van der Waals surface area contributed by atoms with Gasteiger partial charge in [-0.25, -0.2) is 13.1 Å². The molecular weight excluding hydrogens is 392 g/mol. The molecule has 0 saturated carbocycles. The number of unbranched alkanes of at least 4 members (excludes halogenated alkanes) is 2. The monoisotopic (exact) mass is 424 g/mol. The van der Waals surface area contributed by atoms with Crippen LogP contribution in [0.3, 0.4) is 0 Å². The van der Waals surface area contributed by atoms with Crippen LogP contribution < -0.4 is 14.2 Å². The molecule has 0 aliphatic carbocycles. The highest BCUT2D eigenvalue weighted by molar-refractivity contribution is 7.89. The van der Waals surface area contributed by atoms with Crippen molar-refractivity contribution < 1.29 is 22.7 Å². The number of hydrogen-bond acceptors (Lipinski definition) is 5. The summed E-state index contributed by atoms with van der Waals surface area (Å²) in [6.07, 6.45) is 7.31. The van der Waals surface area contributed by atoms with Crippen molar-refractivity contribution in [1.82, 2.24) is 9.62 Å². The summed E-state index contributed by atoms with van der Waals surface area (Å²) in [6, 6.07) is 5.04. The van der Waals surface area contributed by atoms with Crippen LogP contribution in [0, 0.1) is 0 Å². The molecule has 1 fully saturated rings. The number of sulfonamides is 1. The van der Waals surface area contributed by atoms with Crippen molar-refractivity contribution in [2.45, 2.75) is 69.2 Å². The Morgan fingerprint density at radius 3 is 2.72 bits per heavy atom. The second-order valence-electron chi connectivity index (χ2n) is 7.66. The molecule has 162 valence electrons. The van der Waals surface area contributed by atoms with Crippen LogP contribution in [0.25, 0.3) is 0 Å². The third-order valence-electron chi connectivity index (χ3n) is 5.60. The maximum Gasteiger partial charge on any atom is 0.240 e. The fourth-order valence-corrected chi connectivity index (χ4v) is 5.04. The average Bonchev–Trinajstić information content (AvgIpc) is 2.75. The Kier molecular flexibility index (Phi) is 7.77. The van der Waals surface area contributed by atoms with E-state index >= 15 is 0 Å². The Balaban J connectivity index is 1.38. The van der Waals surface area contributed by atoms with Crippen LogP contribution in [0.15, 0.2) is 23.1 Å². The maximum absolute atomic E-state index is 12.5. The van der Waals surface area contributed by atoms with Gasteiger partial charge in [0.05, 0.1) is 4.90 Å². The smallest absolute Gasteiger partial charge is 0.240 e. The van der Waals surface area contributed by atoms with E-state index in [9.17, 15) is 13.2 Å². The molecule has 8 heteroatoms. The van der Waals surface area contributed by atoms with Gasteiger partial charge >= 0.3 is 0 Å². The first-order chi connectivity index (χ1) is 14.0. The highest BCUT2D eigenvalue weighted by atomic mass is 32.2. The molecule has 0 aromatic heterocycles. The van der Waals surface area contributed by atoms with Crippen molar-refractivity contribution in [2.24, 2.45) is 0 Å². The number of nitrogens with one attached hydrogen (secondary N) is 1. The summed E-state index contributed by atoms with van der Waals surface area (Å²) in [7, 11) is -3.59. The lowest BCUT2D eigenvalue weighted by atomic mass is 9.99. The predicted octanol–water partition coefficient (Wildman–Crippen LogP) is 3.09. The van der Waals surface area contributed by atoms with E-state index in [1.165, 1.54) is 18.6 Å². The number of likely N-dealkylation sites (tertiary alicyclic amines) is 1. The second kappa shape index (κ2) is 10.3. The summed E-state index contributed by atoms with van der Waals surface area (Å²) in [6.45, 7) is 4.26. The van der Waals surface area contributed by atoms with Crippen molar-refractivity contribution in [3.05, 3.63) is 18.2 Å². The van der Waals surface area contributed by atoms with Crippen molar-refractivity contribution in [1.29, 1.82) is 0 Å². The first-order valence-electron chi connectivity index (χ1n) is 10.7. The number of amides is 1. The van der Waals surface area contributed by atoms with Crippen LogP contribution in [0.1, 0.15) is 58.3 Å². The number of nitrogens with zero attached hydrogens (tertiary/aromatic N) is 1. The maximum atomic E-state index is 12.5. The Morgan fingerprint density at radius 1 is 1.14 bits per heavy atom. The van der Waals surface area contributed by atoms with Gasteiger partial charge in [-0.2, -0.15) is 0 Å². The summed E-state index contributed by atoms with van der Waals surface area (Å²) in [5.41, 5.74) is 0. The van der Waals surface area contributed by atoms with Crippen molar-refractivity contribution in [2.75, 3.05) is 26.3 Å². The van der Waals surface area contributed by atoms with Crippen LogP contribution in [-0.4, -0.2) is 51.6 Å². The Bertz CT molecular complexity index is 796. The van der Waals surface area contributed by atoms with Gasteiger partial charge in [0.1, 0.15) is 13.2 Å². The molecule has 0 bridgehead atoms. The molecule has 1 unspecified atom stereocenters. The molecule has 1 saturated heterocycles. The second-order valence-corrected chi connectivity index (χ2v) is 9.43. The van der Waals surface area contributed by atoms with E-state index in [2.05, 4.69) is 11.6 Å². The molecule has 1 amide bonds. The molecule has 0 radical (unpaired) electrons. The zero-order valence-electron chi connectivity index (χ0n) is 17.2. The van der Waals surface area contributed by atoms with Gasteiger partial charge in [-0.3, -0.25) is 4.79 Å². The minimum absolute atomic E-state index is 0.174. The first-order valence-corrected chi connectivity index (χ1v) is 12.2. The van der Waals surface area contributed by atoms with Gasteiger partial charge < -0.3 is 14.4 Å². The molecule has 2 aliphatic heterocycles. The third-order valence-corrected chi connectivity index (χ3v) is 7.06. The summed E-state index contributed by atoms with van der Waals surface area (Å²) >= 11 is 0. The Labute approximate surface area is 173 Å². The van der Waals surface area contributed by atoms with Crippen LogP contribution in [0.4, 0.5) is 0 Å². The normalized spacial score (nSPS) is 19.2. The fourth-order valence-electron chi connectivity index (χ4n) is 3.96. The molecule has 2 heterocycles. The molecule has 3 rings (SSSR count). The lowest BCUT2D eigenvalue weighted by Gasteiger charge is -2.35. The molecule has 2 aliphatic rings. The summed E-state index contributed by atoms with van der Waals surface area (Å²) in [5, 5.41) is 0. The van der Waals surface area contributed by atoms with Crippen molar-refractivity contribution in [3.63, 3.8) is 0 Å². The van der Waals surface area contributed by atoms with E-state index in [4.69, 9.17) is 9.47 Å². The van der Waals surface area contributed by atoms with E-state index < -0.39 is 10.0 Å². The average molecular weight is 425 g/mol. The van der Waals surface area contributed by atoms with Crippen molar-refractivity contribution >= 4 is 15.9 Å². The van der Waals surface area contributed by atoms with Crippen molar-refractivity contribution in [3.8, 4) is 11.5 Å². The summed E-state index contributed by atoms with van der Waals surface area (Å²) in [5.74, 6) is 1.27. The molecule has 1 N–H and O–H groups in total. The minimum atomic E-state index is -3.59. The Hall–Kier alpha value is -1.80. The van der Waals surface area contributed by atoms with E-state index in [1.54, 1.807) is 6.07 Å². The standard InChI is InChI=1S/C21H32N2O5S/c1-2-17-8-5-7-13-23(17)21(24)9-4-3-6-12-22-29(25,26)18-10-11-19-20(16-18)28-15-14-27-19/h10-11,16-17,22H,2-9,12-15H2,1H3. The largest absolute Gasteiger partial charge is 0.486 e. The topological polar surface area (TPSA) is 84.9 Å². The van der Waals surface area contributed by atoms with Crippen LogP contribution in [-0.2, 0) is 14.8 Å². The first kappa shape index (κ1) is 21.9. The third kappa shape index (κ3) is 5.85. The fraction of sp³-hybridized carbons (Fsp3) is 0.667. The summed E-state index contributed by atoms with van der Waals surface area (Å²) < 4.78 is 38.4. The van der Waals surface area contributed by atoms with Crippen LogP contribution in [0.5, 0.6) is 11.5 Å². The van der Waals surface area contributed by atoms with Gasteiger partial charge in [-0.15, -0.1) is 0 Å². The number of hydrogen-bond donors (Lipinski definition) is 1. The van der Waals surface area contributed by atoms with E-state index in [1.807, 2.05) is 4.90 Å². The molecule has 0 spiro atoms. The predicted molar refractivity (Wildman–Crippen MR) is 111 cm³/mol. The molecule has 1 aromatic carbocycles. The highest BCUT2D eigenvalue weighted by Gasteiger charge is 2.24. The highest BCUT2D eigenvalue weighted by Crippen LogP contribution is 2.32. The van der Waals surface area contributed by atoms with Gasteiger partial charge in [-0.05, 0) is 50.7 Å². The van der Waals surface area contributed by atoms with Gasteiger partial charge in [0.25, 0.3) is 0 Å². The number of ether oxygens (including phenoxy) is 2. The number of benzene rings is 1. The number of fused-ring (bicyclic) bond motifs is 1. The molecule has 7 nitrogen and oxygen atoms in total. The van der Waals surface area contributed by atoms with E-state index in [0.717, 1.165) is 38.6 Å². The molecular formula is C21H32N2O5S. The lowest BCUT2D eigenvalue weighted by Crippen LogP contribution is -2.43. The zero-order chi connectivity index (χ0) is 20.7. The zero-order valence-corrected chi connectivity index (χ0v) is 18.0. The summed E-state index contributed by atoms with van der Waals surface area (Å²) in [4.78, 5) is 14.7. The van der Waals surface area contributed by atoms with Crippen LogP contribution >= 0.6 is 0 Å². The minimum Gasteiger partial charge on any atom is -0.486 e. The van der Waals surface area contributed by atoms with E-state index in [0.29, 0.717) is 50.1 Å².